The van der Waals surface area contributed by atoms with Gasteiger partial charge in [0.05, 0.1) is 43.5 Å². The molecule has 2 amide bonds. The Kier molecular flexibility index (Phi) is 6.22. The summed E-state index contributed by atoms with van der Waals surface area (Å²) in [6, 6.07) is 10.2. The number of carbonyl (C=O) groups is 1. The highest BCUT2D eigenvalue weighted by molar-refractivity contribution is 6.28. The van der Waals surface area contributed by atoms with Gasteiger partial charge in [0.15, 0.2) is 0 Å². The number of fused-ring (bicyclic) bond motifs is 1. The molecule has 3 heterocycles. The fraction of sp³-hybridized carbons (Fsp3) is 0.478. The first-order valence-corrected chi connectivity index (χ1v) is 11.1. The second kappa shape index (κ2) is 8.93. The van der Waals surface area contributed by atoms with Crippen LogP contribution in [0.3, 0.4) is 0 Å². The highest BCUT2D eigenvalue weighted by atomic mass is 35.5. The van der Waals surface area contributed by atoms with Crippen LogP contribution in [0.5, 0.6) is 0 Å². The Morgan fingerprint density at radius 2 is 2.00 bits per heavy atom. The number of carbonyl (C=O) groups excluding carboxylic acids is 1. The lowest BCUT2D eigenvalue weighted by atomic mass is 9.85. The fourth-order valence-corrected chi connectivity index (χ4v) is 4.17. The van der Waals surface area contributed by atoms with Crippen LogP contribution in [0.15, 0.2) is 24.3 Å². The first-order chi connectivity index (χ1) is 15.3. The van der Waals surface area contributed by atoms with Crippen LogP contribution < -0.4 is 5.32 Å². The number of morpholine rings is 1. The number of nitriles is 1. The molecule has 0 spiro atoms. The molecule has 2 aliphatic rings. The SMILES string of the molecule is C[C@@H](Nc1nc(Cl)nc2c1CN(C(=O)N1CCOCC1)C2)c1cccc(C(C)(C)C#N)c1. The third-order valence-electron chi connectivity index (χ3n) is 6.05. The van der Waals surface area contributed by atoms with Crippen LogP contribution in [-0.2, 0) is 23.2 Å². The lowest BCUT2D eigenvalue weighted by Crippen LogP contribution is -2.46. The number of ether oxygens (including phenoxy) is 1. The standard InChI is InChI=1S/C23H27ClN6O2/c1-15(16-5-4-6-17(11-16)23(2,3)14-25)26-20-18-12-30(13-19(18)27-21(24)28-20)22(31)29-7-9-32-10-8-29/h4-6,11,15H,7-10,12-13H2,1-3H3,(H,26,27,28)/t15-/m1/s1. The van der Waals surface area contributed by atoms with Crippen molar-refractivity contribution in [2.75, 3.05) is 31.6 Å². The highest BCUT2D eigenvalue weighted by Gasteiger charge is 2.32. The first kappa shape index (κ1) is 22.3. The Morgan fingerprint density at radius 3 is 2.72 bits per heavy atom. The highest BCUT2D eigenvalue weighted by Crippen LogP contribution is 2.32. The molecule has 0 aliphatic carbocycles. The summed E-state index contributed by atoms with van der Waals surface area (Å²) in [7, 11) is 0. The van der Waals surface area contributed by atoms with Gasteiger partial charge in [-0.1, -0.05) is 24.3 Å². The molecule has 1 fully saturated rings. The van der Waals surface area contributed by atoms with E-state index in [9.17, 15) is 10.1 Å². The topological polar surface area (TPSA) is 94.4 Å². The fourth-order valence-electron chi connectivity index (χ4n) is 3.98. The van der Waals surface area contributed by atoms with E-state index in [2.05, 4.69) is 21.4 Å². The molecule has 0 saturated carbocycles. The number of amides is 2. The number of aromatic nitrogens is 2. The van der Waals surface area contributed by atoms with Gasteiger partial charge in [-0.25, -0.2) is 14.8 Å². The van der Waals surface area contributed by atoms with Gasteiger partial charge in [0.25, 0.3) is 0 Å². The van der Waals surface area contributed by atoms with E-state index in [1.807, 2.05) is 49.9 Å². The van der Waals surface area contributed by atoms with E-state index in [0.29, 0.717) is 45.2 Å². The van der Waals surface area contributed by atoms with Gasteiger partial charge >= 0.3 is 6.03 Å². The molecule has 0 unspecified atom stereocenters. The van der Waals surface area contributed by atoms with Crippen LogP contribution in [0.1, 0.15) is 49.2 Å². The third-order valence-corrected chi connectivity index (χ3v) is 6.22. The molecule has 9 heteroatoms. The average molecular weight is 455 g/mol. The van der Waals surface area contributed by atoms with Crippen molar-refractivity contribution in [1.29, 1.82) is 5.26 Å². The van der Waals surface area contributed by atoms with E-state index < -0.39 is 5.41 Å². The smallest absolute Gasteiger partial charge is 0.320 e. The van der Waals surface area contributed by atoms with E-state index in [-0.39, 0.29) is 17.4 Å². The number of benzene rings is 1. The zero-order valence-electron chi connectivity index (χ0n) is 18.6. The van der Waals surface area contributed by atoms with Crippen LogP contribution in [-0.4, -0.2) is 52.1 Å². The zero-order chi connectivity index (χ0) is 22.9. The number of urea groups is 1. The molecule has 32 heavy (non-hydrogen) atoms. The molecule has 1 atom stereocenters. The largest absolute Gasteiger partial charge is 0.378 e. The van der Waals surface area contributed by atoms with Crippen molar-refractivity contribution >= 4 is 23.4 Å². The van der Waals surface area contributed by atoms with E-state index in [4.69, 9.17) is 16.3 Å². The van der Waals surface area contributed by atoms with Crippen LogP contribution in [0.2, 0.25) is 5.28 Å². The van der Waals surface area contributed by atoms with Crippen LogP contribution >= 0.6 is 11.6 Å². The summed E-state index contributed by atoms with van der Waals surface area (Å²) in [5, 5.41) is 13.1. The number of nitrogens with one attached hydrogen (secondary N) is 1. The van der Waals surface area contributed by atoms with E-state index in [1.165, 1.54) is 0 Å². The van der Waals surface area contributed by atoms with Gasteiger partial charge in [0, 0.05) is 24.7 Å². The van der Waals surface area contributed by atoms with Gasteiger partial charge < -0.3 is 19.9 Å². The maximum absolute atomic E-state index is 12.9. The molecule has 1 N–H and O–H groups in total. The van der Waals surface area contributed by atoms with Crippen molar-refractivity contribution < 1.29 is 9.53 Å². The monoisotopic (exact) mass is 454 g/mol. The van der Waals surface area contributed by atoms with Gasteiger partial charge in [-0.2, -0.15) is 5.26 Å². The minimum absolute atomic E-state index is 0.0205. The molecule has 0 bridgehead atoms. The Bertz CT molecular complexity index is 1060. The quantitative estimate of drug-likeness (QED) is 0.704. The molecule has 1 saturated heterocycles. The number of halogens is 1. The van der Waals surface area contributed by atoms with Gasteiger partial charge in [-0.15, -0.1) is 0 Å². The minimum atomic E-state index is -0.574. The summed E-state index contributed by atoms with van der Waals surface area (Å²) in [5.41, 5.74) is 3.07. The molecular formula is C23H27ClN6O2. The van der Waals surface area contributed by atoms with Crippen LogP contribution in [0.4, 0.5) is 10.6 Å². The molecule has 1 aromatic heterocycles. The zero-order valence-corrected chi connectivity index (χ0v) is 19.3. The Labute approximate surface area is 193 Å². The van der Waals surface area contributed by atoms with Crippen LogP contribution in [0, 0.1) is 11.3 Å². The Balaban J connectivity index is 1.54. The molecule has 4 rings (SSSR count). The Morgan fingerprint density at radius 1 is 1.25 bits per heavy atom. The number of rotatable bonds is 4. The predicted molar refractivity (Wildman–Crippen MR) is 121 cm³/mol. The minimum Gasteiger partial charge on any atom is -0.378 e. The van der Waals surface area contributed by atoms with Crippen molar-refractivity contribution in [3.8, 4) is 6.07 Å². The van der Waals surface area contributed by atoms with Crippen molar-refractivity contribution in [3.05, 3.63) is 51.9 Å². The van der Waals surface area contributed by atoms with Gasteiger partial charge in [-0.3, -0.25) is 0 Å². The van der Waals surface area contributed by atoms with Gasteiger partial charge in [0.1, 0.15) is 5.82 Å². The lowest BCUT2D eigenvalue weighted by molar-refractivity contribution is 0.0429. The maximum atomic E-state index is 12.9. The number of hydrogen-bond acceptors (Lipinski definition) is 6. The average Bonchev–Trinajstić information content (AvgIpc) is 3.23. The Hall–Kier alpha value is -2.89. The molecule has 0 radical (unpaired) electrons. The molecule has 168 valence electrons. The summed E-state index contributed by atoms with van der Waals surface area (Å²) < 4.78 is 5.35. The summed E-state index contributed by atoms with van der Waals surface area (Å²) in [6.45, 7) is 8.98. The van der Waals surface area contributed by atoms with Gasteiger partial charge in [0.2, 0.25) is 5.28 Å². The third kappa shape index (κ3) is 4.50. The molecule has 2 aromatic rings. The van der Waals surface area contributed by atoms with E-state index >= 15 is 0 Å². The molecular weight excluding hydrogens is 428 g/mol. The van der Waals surface area contributed by atoms with Gasteiger partial charge in [-0.05, 0) is 43.5 Å². The van der Waals surface area contributed by atoms with Crippen molar-refractivity contribution in [1.82, 2.24) is 19.8 Å². The molecule has 8 nitrogen and oxygen atoms in total. The first-order valence-electron chi connectivity index (χ1n) is 10.7. The predicted octanol–water partition coefficient (Wildman–Crippen LogP) is 3.87. The second-order valence-electron chi connectivity index (χ2n) is 8.73. The number of anilines is 1. The van der Waals surface area contributed by atoms with Crippen molar-refractivity contribution in [3.63, 3.8) is 0 Å². The number of hydrogen-bond donors (Lipinski definition) is 1. The summed E-state index contributed by atoms with van der Waals surface area (Å²) >= 11 is 6.21. The second-order valence-corrected chi connectivity index (χ2v) is 9.07. The maximum Gasteiger partial charge on any atom is 0.320 e. The van der Waals surface area contributed by atoms with Crippen LogP contribution in [0.25, 0.3) is 0 Å². The molecule has 1 aromatic carbocycles. The summed E-state index contributed by atoms with van der Waals surface area (Å²) in [5.74, 6) is 0.634. The number of nitrogens with zero attached hydrogens (tertiary/aromatic N) is 5. The van der Waals surface area contributed by atoms with E-state index in [1.54, 1.807) is 4.90 Å². The van der Waals surface area contributed by atoms with E-state index in [0.717, 1.165) is 22.4 Å². The van der Waals surface area contributed by atoms with Crippen molar-refractivity contribution in [2.24, 2.45) is 0 Å². The summed E-state index contributed by atoms with van der Waals surface area (Å²) in [6.07, 6.45) is 0. The molecule has 2 aliphatic heterocycles. The van der Waals surface area contributed by atoms with Crippen molar-refractivity contribution in [2.45, 2.75) is 45.3 Å². The summed E-state index contributed by atoms with van der Waals surface area (Å²) in [4.78, 5) is 25.3. The normalized spacial score (nSPS) is 17.0. The lowest BCUT2D eigenvalue weighted by Gasteiger charge is -2.30.